The Hall–Kier alpha value is -2.29. The topological polar surface area (TPSA) is 125 Å². The number of halogens is 1. The Labute approximate surface area is 128 Å². The van der Waals surface area contributed by atoms with Crippen molar-refractivity contribution in [3.05, 3.63) is 22.7 Å². The number of carboxylic acid groups (broad SMARTS) is 2. The molecule has 0 fully saturated rings. The molecule has 8 nitrogen and oxygen atoms in total. The molecule has 1 rings (SSSR count). The predicted octanol–water partition coefficient (Wildman–Crippen LogP) is 1.51. The number of ether oxygens (including phenoxy) is 1. The average Bonchev–Trinajstić information content (AvgIpc) is 2.37. The number of methoxy groups -OCH3 is 1. The summed E-state index contributed by atoms with van der Waals surface area (Å²) < 4.78 is 5.63. The number of urea groups is 1. The molecular formula is C12H13BrN2O6. The Morgan fingerprint density at radius 2 is 2.00 bits per heavy atom. The van der Waals surface area contributed by atoms with Crippen LogP contribution in [0.2, 0.25) is 0 Å². The van der Waals surface area contributed by atoms with Gasteiger partial charge in [-0.1, -0.05) is 0 Å². The molecule has 1 atom stereocenters. The number of carbonyl (C=O) groups is 3. The van der Waals surface area contributed by atoms with Gasteiger partial charge in [0.2, 0.25) is 0 Å². The number of amides is 2. The average molecular weight is 361 g/mol. The summed E-state index contributed by atoms with van der Waals surface area (Å²) in [5, 5.41) is 21.9. The minimum Gasteiger partial charge on any atom is -0.496 e. The lowest BCUT2D eigenvalue weighted by Gasteiger charge is -2.13. The van der Waals surface area contributed by atoms with Crippen LogP contribution in [0.3, 0.4) is 0 Å². The van der Waals surface area contributed by atoms with Crippen LogP contribution in [-0.2, 0) is 9.59 Å². The van der Waals surface area contributed by atoms with Crippen molar-refractivity contribution in [2.24, 2.45) is 0 Å². The molecule has 0 aliphatic heterocycles. The first-order chi connectivity index (χ1) is 9.83. The van der Waals surface area contributed by atoms with Crippen molar-refractivity contribution in [2.45, 2.75) is 12.5 Å². The summed E-state index contributed by atoms with van der Waals surface area (Å²) in [5.41, 5.74) is 0.389. The fourth-order valence-electron chi connectivity index (χ4n) is 1.44. The predicted molar refractivity (Wildman–Crippen MR) is 76.5 cm³/mol. The summed E-state index contributed by atoms with van der Waals surface area (Å²) in [6.45, 7) is 0. The van der Waals surface area contributed by atoms with Crippen molar-refractivity contribution in [3.8, 4) is 5.75 Å². The highest BCUT2D eigenvalue weighted by Gasteiger charge is 2.23. The number of anilines is 1. The van der Waals surface area contributed by atoms with Crippen molar-refractivity contribution in [2.75, 3.05) is 12.4 Å². The molecule has 0 saturated carbocycles. The van der Waals surface area contributed by atoms with E-state index in [0.29, 0.717) is 15.9 Å². The van der Waals surface area contributed by atoms with Gasteiger partial charge in [0.05, 0.1) is 18.0 Å². The van der Waals surface area contributed by atoms with Gasteiger partial charge in [-0.3, -0.25) is 4.79 Å². The molecule has 2 amide bonds. The van der Waals surface area contributed by atoms with E-state index in [4.69, 9.17) is 14.9 Å². The molecule has 0 radical (unpaired) electrons. The second kappa shape index (κ2) is 7.48. The summed E-state index contributed by atoms with van der Waals surface area (Å²) >= 11 is 3.24. The van der Waals surface area contributed by atoms with Gasteiger partial charge in [0.25, 0.3) is 0 Å². The van der Waals surface area contributed by atoms with Crippen LogP contribution in [0.25, 0.3) is 0 Å². The van der Waals surface area contributed by atoms with E-state index in [9.17, 15) is 14.4 Å². The van der Waals surface area contributed by atoms with Crippen molar-refractivity contribution in [1.82, 2.24) is 5.32 Å². The number of nitrogens with one attached hydrogen (secondary N) is 2. The summed E-state index contributed by atoms with van der Waals surface area (Å²) in [6.07, 6.45) is -0.713. The number of hydrogen-bond acceptors (Lipinski definition) is 4. The Kier molecular flexibility index (Phi) is 5.97. The molecule has 0 heterocycles. The summed E-state index contributed by atoms with van der Waals surface area (Å²) in [5.74, 6) is -2.19. The van der Waals surface area contributed by atoms with E-state index in [1.165, 1.54) is 7.11 Å². The lowest BCUT2D eigenvalue weighted by molar-refractivity contribution is -0.145. The third-order valence-corrected chi connectivity index (χ3v) is 3.01. The third-order valence-electron chi connectivity index (χ3n) is 2.39. The zero-order chi connectivity index (χ0) is 16.0. The Balaban J connectivity index is 2.69. The van der Waals surface area contributed by atoms with Crippen LogP contribution in [0, 0.1) is 0 Å². The van der Waals surface area contributed by atoms with Crippen LogP contribution in [-0.4, -0.2) is 41.3 Å². The molecule has 1 aromatic rings. The lowest BCUT2D eigenvalue weighted by Crippen LogP contribution is -2.44. The first kappa shape index (κ1) is 16.8. The van der Waals surface area contributed by atoms with E-state index in [1.54, 1.807) is 18.2 Å². The number of benzene rings is 1. The van der Waals surface area contributed by atoms with Gasteiger partial charge in [0.15, 0.2) is 0 Å². The first-order valence-corrected chi connectivity index (χ1v) is 6.48. The van der Waals surface area contributed by atoms with Gasteiger partial charge >= 0.3 is 18.0 Å². The van der Waals surface area contributed by atoms with Crippen molar-refractivity contribution < 1.29 is 29.3 Å². The lowest BCUT2D eigenvalue weighted by atomic mass is 10.2. The Morgan fingerprint density at radius 1 is 1.33 bits per heavy atom. The fourth-order valence-corrected chi connectivity index (χ4v) is 1.98. The van der Waals surface area contributed by atoms with E-state index >= 15 is 0 Å². The van der Waals surface area contributed by atoms with E-state index in [2.05, 4.69) is 26.6 Å². The van der Waals surface area contributed by atoms with Gasteiger partial charge in [-0.05, 0) is 34.1 Å². The van der Waals surface area contributed by atoms with E-state index in [0.717, 1.165) is 0 Å². The van der Waals surface area contributed by atoms with Gasteiger partial charge in [0.1, 0.15) is 11.8 Å². The third kappa shape index (κ3) is 5.30. The quantitative estimate of drug-likeness (QED) is 0.609. The maximum absolute atomic E-state index is 11.6. The summed E-state index contributed by atoms with van der Waals surface area (Å²) in [7, 11) is 1.49. The second-order valence-corrected chi connectivity index (χ2v) is 4.79. The highest BCUT2D eigenvalue weighted by molar-refractivity contribution is 9.10. The molecule has 0 bridgehead atoms. The highest BCUT2D eigenvalue weighted by atomic mass is 79.9. The molecule has 4 N–H and O–H groups in total. The zero-order valence-electron chi connectivity index (χ0n) is 10.9. The largest absolute Gasteiger partial charge is 0.496 e. The van der Waals surface area contributed by atoms with Crippen LogP contribution < -0.4 is 15.4 Å². The molecule has 0 spiro atoms. The smallest absolute Gasteiger partial charge is 0.326 e. The Morgan fingerprint density at radius 3 is 2.48 bits per heavy atom. The summed E-state index contributed by atoms with van der Waals surface area (Å²) in [4.78, 5) is 33.0. The Bertz CT molecular complexity index is 563. The van der Waals surface area contributed by atoms with Gasteiger partial charge < -0.3 is 25.6 Å². The van der Waals surface area contributed by atoms with Crippen LogP contribution in [0.4, 0.5) is 10.5 Å². The molecular weight excluding hydrogens is 348 g/mol. The maximum Gasteiger partial charge on any atom is 0.326 e. The molecule has 0 saturated heterocycles. The van der Waals surface area contributed by atoms with Gasteiger partial charge in [-0.15, -0.1) is 0 Å². The molecule has 0 aliphatic rings. The minimum absolute atomic E-state index is 0.389. The fraction of sp³-hybridized carbons (Fsp3) is 0.250. The van der Waals surface area contributed by atoms with Crippen molar-refractivity contribution >= 4 is 39.6 Å². The molecule has 0 unspecified atom stereocenters. The molecule has 9 heteroatoms. The minimum atomic E-state index is -1.51. The van der Waals surface area contributed by atoms with Crippen LogP contribution in [0.5, 0.6) is 5.75 Å². The number of carbonyl (C=O) groups excluding carboxylic acids is 1. The van der Waals surface area contributed by atoms with Gasteiger partial charge in [0, 0.05) is 5.69 Å². The highest BCUT2D eigenvalue weighted by Crippen LogP contribution is 2.27. The van der Waals surface area contributed by atoms with Gasteiger partial charge in [-0.25, -0.2) is 9.59 Å². The monoisotopic (exact) mass is 360 g/mol. The van der Waals surface area contributed by atoms with E-state index in [-0.39, 0.29) is 0 Å². The number of hydrogen-bond donors (Lipinski definition) is 4. The molecule has 114 valence electrons. The van der Waals surface area contributed by atoms with Gasteiger partial charge in [-0.2, -0.15) is 0 Å². The summed E-state index contributed by atoms with van der Waals surface area (Å²) in [6, 6.07) is 2.39. The van der Waals surface area contributed by atoms with Crippen molar-refractivity contribution in [3.63, 3.8) is 0 Å². The molecule has 0 aromatic heterocycles. The van der Waals surface area contributed by atoms with Crippen LogP contribution in [0.15, 0.2) is 22.7 Å². The second-order valence-electron chi connectivity index (χ2n) is 3.94. The molecule has 0 aliphatic carbocycles. The maximum atomic E-state index is 11.6. The normalized spacial score (nSPS) is 11.3. The van der Waals surface area contributed by atoms with E-state index < -0.39 is 30.4 Å². The number of rotatable bonds is 6. The number of aliphatic carboxylic acids is 2. The van der Waals surface area contributed by atoms with Crippen molar-refractivity contribution in [1.29, 1.82) is 0 Å². The first-order valence-electron chi connectivity index (χ1n) is 5.69. The zero-order valence-corrected chi connectivity index (χ0v) is 12.5. The molecule has 21 heavy (non-hydrogen) atoms. The SMILES string of the molecule is COc1ccc(NC(=O)N[C@H](CC(=O)O)C(=O)O)cc1Br. The van der Waals surface area contributed by atoms with Crippen LogP contribution >= 0.6 is 15.9 Å². The number of carboxylic acids is 2. The van der Waals surface area contributed by atoms with Crippen LogP contribution in [0.1, 0.15) is 6.42 Å². The standard InChI is InChI=1S/C12H13BrN2O6/c1-21-9-3-2-6(4-7(9)13)14-12(20)15-8(11(18)19)5-10(16)17/h2-4,8H,5H2,1H3,(H,16,17)(H,18,19)(H2,14,15,20)/t8-/m1/s1. The van der Waals surface area contributed by atoms with E-state index in [1.807, 2.05) is 0 Å². The molecule has 1 aromatic carbocycles.